The van der Waals surface area contributed by atoms with Gasteiger partial charge in [-0.3, -0.25) is 4.90 Å². The summed E-state index contributed by atoms with van der Waals surface area (Å²) in [5.41, 5.74) is 0.979. The summed E-state index contributed by atoms with van der Waals surface area (Å²) in [5, 5.41) is 3.30. The van der Waals surface area contributed by atoms with Gasteiger partial charge in [-0.05, 0) is 37.8 Å². The predicted octanol–water partition coefficient (Wildman–Crippen LogP) is 3.54. The number of guanidine groups is 1. The molecule has 1 aromatic rings. The maximum absolute atomic E-state index is 12.7. The van der Waals surface area contributed by atoms with Crippen LogP contribution in [-0.4, -0.2) is 72.8 Å². The van der Waals surface area contributed by atoms with E-state index in [0.717, 1.165) is 37.5 Å². The summed E-state index contributed by atoms with van der Waals surface area (Å²) in [5.74, 6) is 1.61. The molecule has 0 saturated carbocycles. The minimum Gasteiger partial charge on any atom is -0.478 e. The first-order valence-electron chi connectivity index (χ1n) is 10.7. The molecular formula is C21H34F3N5O. The summed E-state index contributed by atoms with van der Waals surface area (Å²) < 4.78 is 43.7. The quantitative estimate of drug-likeness (QED) is 0.455. The number of likely N-dealkylation sites (tertiary alicyclic amines) is 1. The van der Waals surface area contributed by atoms with Crippen LogP contribution >= 0.6 is 0 Å². The minimum atomic E-state index is -4.16. The van der Waals surface area contributed by atoms with Crippen molar-refractivity contribution in [1.29, 1.82) is 0 Å². The normalized spacial score (nSPS) is 17.6. The summed E-state index contributed by atoms with van der Waals surface area (Å²) in [6.45, 7) is 9.20. The van der Waals surface area contributed by atoms with E-state index in [9.17, 15) is 13.2 Å². The van der Waals surface area contributed by atoms with Gasteiger partial charge >= 0.3 is 6.18 Å². The van der Waals surface area contributed by atoms with E-state index in [2.05, 4.69) is 15.2 Å². The van der Waals surface area contributed by atoms with Crippen LogP contribution in [0.2, 0.25) is 0 Å². The molecule has 170 valence electrons. The highest BCUT2D eigenvalue weighted by molar-refractivity contribution is 5.80. The van der Waals surface area contributed by atoms with Crippen molar-refractivity contribution in [3.05, 3.63) is 23.9 Å². The molecule has 0 amide bonds. The first-order chi connectivity index (χ1) is 14.3. The van der Waals surface area contributed by atoms with Gasteiger partial charge in [0.15, 0.2) is 5.96 Å². The van der Waals surface area contributed by atoms with Gasteiger partial charge in [-0.1, -0.05) is 19.9 Å². The molecule has 1 unspecified atom stereocenters. The van der Waals surface area contributed by atoms with Crippen LogP contribution in [0.5, 0.6) is 5.88 Å². The minimum absolute atomic E-state index is 0.202. The number of pyridine rings is 1. The van der Waals surface area contributed by atoms with Crippen LogP contribution in [-0.2, 0) is 6.54 Å². The Kier molecular flexibility index (Phi) is 9.68. The number of alkyl halides is 3. The van der Waals surface area contributed by atoms with Crippen molar-refractivity contribution >= 4 is 5.96 Å². The fourth-order valence-electron chi connectivity index (χ4n) is 3.49. The molecule has 2 heterocycles. The lowest BCUT2D eigenvalue weighted by Crippen LogP contribution is -2.41. The number of hydrogen-bond acceptors (Lipinski definition) is 4. The van der Waals surface area contributed by atoms with Gasteiger partial charge in [0.05, 0.1) is 19.7 Å². The standard InChI is InChI=1S/C21H34F3N5O/c1-4-11-30-19-8-7-17(12-26-19)13-27-20(25-5-2)29-10-9-18(15-29)14-28(6-3)16-21(22,23)24/h7-8,12,18H,4-6,9-11,13-16H2,1-3H3,(H,25,27). The number of aromatic nitrogens is 1. The van der Waals surface area contributed by atoms with E-state index >= 15 is 0 Å². The largest absolute Gasteiger partial charge is 0.478 e. The van der Waals surface area contributed by atoms with Gasteiger partial charge in [0, 0.05) is 38.4 Å². The van der Waals surface area contributed by atoms with Crippen molar-refractivity contribution in [2.75, 3.05) is 45.9 Å². The fourth-order valence-corrected chi connectivity index (χ4v) is 3.49. The van der Waals surface area contributed by atoms with E-state index < -0.39 is 12.7 Å². The molecule has 0 radical (unpaired) electrons. The molecule has 1 aliphatic heterocycles. The molecule has 1 saturated heterocycles. The Morgan fingerprint density at radius 2 is 2.13 bits per heavy atom. The summed E-state index contributed by atoms with van der Waals surface area (Å²) in [6.07, 6.45) is -0.594. The van der Waals surface area contributed by atoms with Crippen molar-refractivity contribution in [1.82, 2.24) is 20.1 Å². The fraction of sp³-hybridized carbons (Fsp3) is 0.714. The van der Waals surface area contributed by atoms with Gasteiger partial charge < -0.3 is 15.0 Å². The first-order valence-corrected chi connectivity index (χ1v) is 10.7. The van der Waals surface area contributed by atoms with E-state index in [-0.39, 0.29) is 5.92 Å². The topological polar surface area (TPSA) is 53.0 Å². The lowest BCUT2D eigenvalue weighted by molar-refractivity contribution is -0.146. The summed E-state index contributed by atoms with van der Waals surface area (Å²) in [7, 11) is 0. The number of halogens is 3. The molecule has 1 fully saturated rings. The van der Waals surface area contributed by atoms with E-state index in [1.54, 1.807) is 13.1 Å². The predicted molar refractivity (Wildman–Crippen MR) is 113 cm³/mol. The lowest BCUT2D eigenvalue weighted by Gasteiger charge is -2.26. The summed E-state index contributed by atoms with van der Waals surface area (Å²) >= 11 is 0. The van der Waals surface area contributed by atoms with Crippen LogP contribution in [0.3, 0.4) is 0 Å². The van der Waals surface area contributed by atoms with Crippen molar-refractivity contribution in [3.63, 3.8) is 0 Å². The Balaban J connectivity index is 1.92. The van der Waals surface area contributed by atoms with Crippen LogP contribution in [0.4, 0.5) is 13.2 Å². The van der Waals surface area contributed by atoms with Crippen molar-refractivity contribution in [2.24, 2.45) is 10.9 Å². The molecular weight excluding hydrogens is 395 g/mol. The molecule has 1 aliphatic rings. The Hall–Kier alpha value is -2.03. The first kappa shape index (κ1) is 24.2. The van der Waals surface area contributed by atoms with Crippen LogP contribution in [0.1, 0.15) is 39.2 Å². The molecule has 1 N–H and O–H groups in total. The SMILES string of the molecule is CCCOc1ccc(CN=C(NCC)N2CCC(CN(CC)CC(F)(F)F)C2)cn1. The molecule has 2 rings (SSSR count). The number of nitrogens with one attached hydrogen (secondary N) is 1. The average Bonchev–Trinajstić information content (AvgIpc) is 3.17. The van der Waals surface area contributed by atoms with E-state index in [1.165, 1.54) is 4.90 Å². The monoisotopic (exact) mass is 429 g/mol. The van der Waals surface area contributed by atoms with Crippen molar-refractivity contribution < 1.29 is 17.9 Å². The van der Waals surface area contributed by atoms with Gasteiger partial charge in [0.2, 0.25) is 5.88 Å². The third-order valence-corrected chi connectivity index (χ3v) is 4.95. The Morgan fingerprint density at radius 1 is 1.33 bits per heavy atom. The van der Waals surface area contributed by atoms with E-state index in [1.807, 2.05) is 26.0 Å². The third kappa shape index (κ3) is 8.38. The highest BCUT2D eigenvalue weighted by atomic mass is 19.4. The zero-order chi connectivity index (χ0) is 22.0. The summed E-state index contributed by atoms with van der Waals surface area (Å²) in [4.78, 5) is 12.6. The Morgan fingerprint density at radius 3 is 2.73 bits per heavy atom. The van der Waals surface area contributed by atoms with Gasteiger partial charge in [0.25, 0.3) is 0 Å². The zero-order valence-electron chi connectivity index (χ0n) is 18.2. The average molecular weight is 430 g/mol. The Bertz CT molecular complexity index is 651. The van der Waals surface area contributed by atoms with Gasteiger partial charge in [-0.2, -0.15) is 13.2 Å². The number of rotatable bonds is 10. The molecule has 0 bridgehead atoms. The van der Waals surface area contributed by atoms with Crippen molar-refractivity contribution in [3.8, 4) is 5.88 Å². The highest BCUT2D eigenvalue weighted by Crippen LogP contribution is 2.21. The molecule has 6 nitrogen and oxygen atoms in total. The molecule has 1 atom stereocenters. The van der Waals surface area contributed by atoms with E-state index in [0.29, 0.717) is 38.7 Å². The zero-order valence-corrected chi connectivity index (χ0v) is 18.2. The van der Waals surface area contributed by atoms with Crippen LogP contribution in [0.25, 0.3) is 0 Å². The summed E-state index contributed by atoms with van der Waals surface area (Å²) in [6, 6.07) is 3.80. The van der Waals surface area contributed by atoms with Gasteiger partial charge in [0.1, 0.15) is 0 Å². The number of hydrogen-bond donors (Lipinski definition) is 1. The molecule has 0 aliphatic carbocycles. The third-order valence-electron chi connectivity index (χ3n) is 4.95. The van der Waals surface area contributed by atoms with Crippen LogP contribution in [0, 0.1) is 5.92 Å². The number of aliphatic imine (C=N–C) groups is 1. The second-order valence-electron chi connectivity index (χ2n) is 7.57. The van der Waals surface area contributed by atoms with Gasteiger partial charge in [-0.25, -0.2) is 9.98 Å². The molecule has 1 aromatic heterocycles. The van der Waals surface area contributed by atoms with Crippen molar-refractivity contribution in [2.45, 2.75) is 46.3 Å². The number of nitrogens with zero attached hydrogens (tertiary/aromatic N) is 4. The lowest BCUT2D eigenvalue weighted by atomic mass is 10.1. The maximum Gasteiger partial charge on any atom is 0.401 e. The molecule has 0 spiro atoms. The molecule has 9 heteroatoms. The van der Waals surface area contributed by atoms with Crippen LogP contribution < -0.4 is 10.1 Å². The second-order valence-corrected chi connectivity index (χ2v) is 7.57. The Labute approximate surface area is 177 Å². The second kappa shape index (κ2) is 12.0. The van der Waals surface area contributed by atoms with Gasteiger partial charge in [-0.15, -0.1) is 0 Å². The maximum atomic E-state index is 12.7. The molecule has 0 aromatic carbocycles. The highest BCUT2D eigenvalue weighted by Gasteiger charge is 2.33. The smallest absolute Gasteiger partial charge is 0.401 e. The molecule has 30 heavy (non-hydrogen) atoms. The number of ether oxygens (including phenoxy) is 1. The van der Waals surface area contributed by atoms with E-state index in [4.69, 9.17) is 9.73 Å². The van der Waals surface area contributed by atoms with Crippen LogP contribution in [0.15, 0.2) is 23.3 Å².